The first-order chi connectivity index (χ1) is 11.9. The van der Waals surface area contributed by atoms with Gasteiger partial charge < -0.3 is 15.1 Å². The Bertz CT molecular complexity index is 800. The molecular formula is C17H19ClN4O2S. The molecule has 0 spiro atoms. The molecular weight excluding hydrogens is 360 g/mol. The lowest BCUT2D eigenvalue weighted by Crippen LogP contribution is -2.51. The number of rotatable bonds is 2. The summed E-state index contributed by atoms with van der Waals surface area (Å²) >= 11 is 7.33. The van der Waals surface area contributed by atoms with Gasteiger partial charge in [-0.15, -0.1) is 11.3 Å². The third kappa shape index (κ3) is 4.11. The van der Waals surface area contributed by atoms with Gasteiger partial charge in [-0.3, -0.25) is 4.79 Å². The van der Waals surface area contributed by atoms with Crippen molar-refractivity contribution in [1.82, 2.24) is 14.8 Å². The molecule has 1 aliphatic heterocycles. The molecule has 2 aromatic rings. The van der Waals surface area contributed by atoms with Gasteiger partial charge in [-0.1, -0.05) is 11.6 Å². The molecule has 0 bridgehead atoms. The Morgan fingerprint density at radius 3 is 2.44 bits per heavy atom. The van der Waals surface area contributed by atoms with E-state index in [4.69, 9.17) is 11.6 Å². The lowest BCUT2D eigenvalue weighted by molar-refractivity contribution is 0.0676. The topological polar surface area (TPSA) is 65.5 Å². The zero-order valence-electron chi connectivity index (χ0n) is 14.1. The van der Waals surface area contributed by atoms with Crippen LogP contribution in [0, 0.1) is 13.8 Å². The first kappa shape index (κ1) is 17.7. The SMILES string of the molecule is Cc1ccc(C(=O)N2CCN(C(=O)Nc3cnc(Cl)cc3C)CC2)s1. The molecule has 0 unspecified atom stereocenters. The highest BCUT2D eigenvalue weighted by Gasteiger charge is 2.25. The Kier molecular flexibility index (Phi) is 5.24. The molecule has 0 atom stereocenters. The van der Waals surface area contributed by atoms with Crippen molar-refractivity contribution >= 4 is 40.6 Å². The number of aromatic nitrogens is 1. The molecule has 2 aromatic heterocycles. The molecule has 1 saturated heterocycles. The molecule has 8 heteroatoms. The number of hydrogen-bond acceptors (Lipinski definition) is 4. The predicted octanol–water partition coefficient (Wildman–Crippen LogP) is 3.40. The van der Waals surface area contributed by atoms with Crippen molar-refractivity contribution in [2.75, 3.05) is 31.5 Å². The number of halogens is 1. The maximum Gasteiger partial charge on any atom is 0.322 e. The van der Waals surface area contributed by atoms with E-state index in [-0.39, 0.29) is 11.9 Å². The Labute approximate surface area is 155 Å². The zero-order valence-corrected chi connectivity index (χ0v) is 15.7. The molecule has 1 fully saturated rings. The summed E-state index contributed by atoms with van der Waals surface area (Å²) in [7, 11) is 0. The van der Waals surface area contributed by atoms with Crippen molar-refractivity contribution in [3.63, 3.8) is 0 Å². The maximum atomic E-state index is 12.5. The summed E-state index contributed by atoms with van der Waals surface area (Å²) in [5.74, 6) is 0.0379. The van der Waals surface area contributed by atoms with Crippen LogP contribution >= 0.6 is 22.9 Å². The minimum atomic E-state index is -0.189. The van der Waals surface area contributed by atoms with Crippen LogP contribution in [0.3, 0.4) is 0 Å². The summed E-state index contributed by atoms with van der Waals surface area (Å²) in [6, 6.07) is 5.32. The minimum Gasteiger partial charge on any atom is -0.334 e. The molecule has 0 saturated carbocycles. The zero-order chi connectivity index (χ0) is 18.0. The van der Waals surface area contributed by atoms with E-state index in [9.17, 15) is 9.59 Å². The fraction of sp³-hybridized carbons (Fsp3) is 0.353. The van der Waals surface area contributed by atoms with Crippen LogP contribution < -0.4 is 5.32 Å². The molecule has 3 heterocycles. The van der Waals surface area contributed by atoms with Crippen LogP contribution in [0.1, 0.15) is 20.1 Å². The Balaban J connectivity index is 1.56. The molecule has 1 N–H and O–H groups in total. The van der Waals surface area contributed by atoms with Crippen LogP contribution in [0.5, 0.6) is 0 Å². The molecule has 3 rings (SSSR count). The smallest absolute Gasteiger partial charge is 0.322 e. The van der Waals surface area contributed by atoms with Gasteiger partial charge in [0.25, 0.3) is 5.91 Å². The summed E-state index contributed by atoms with van der Waals surface area (Å²) in [6.07, 6.45) is 1.55. The number of nitrogens with zero attached hydrogens (tertiary/aromatic N) is 3. The van der Waals surface area contributed by atoms with Crippen molar-refractivity contribution in [1.29, 1.82) is 0 Å². The Hall–Kier alpha value is -2.12. The standard InChI is InChI=1S/C17H19ClN4O2S/c1-11-9-15(18)19-10-13(11)20-17(24)22-7-5-21(6-8-22)16(23)14-4-3-12(2)25-14/h3-4,9-10H,5-8H2,1-2H3,(H,20,24). The Morgan fingerprint density at radius 2 is 1.84 bits per heavy atom. The largest absolute Gasteiger partial charge is 0.334 e. The fourth-order valence-corrected chi connectivity index (χ4v) is 3.71. The minimum absolute atomic E-state index is 0.0379. The quantitative estimate of drug-likeness (QED) is 0.814. The van der Waals surface area contributed by atoms with Crippen LogP contribution in [0.2, 0.25) is 5.15 Å². The van der Waals surface area contributed by atoms with Gasteiger partial charge in [0.15, 0.2) is 0 Å². The number of pyridine rings is 1. The number of aryl methyl sites for hydroxylation is 2. The van der Waals surface area contributed by atoms with Crippen LogP contribution in [-0.4, -0.2) is 52.9 Å². The molecule has 0 aromatic carbocycles. The normalized spacial score (nSPS) is 14.5. The summed E-state index contributed by atoms with van der Waals surface area (Å²) in [6.45, 7) is 5.91. The van der Waals surface area contributed by atoms with E-state index in [0.29, 0.717) is 37.0 Å². The molecule has 132 valence electrons. The first-order valence-electron chi connectivity index (χ1n) is 7.98. The van der Waals surface area contributed by atoms with Gasteiger partial charge in [-0.05, 0) is 37.6 Å². The second-order valence-electron chi connectivity index (χ2n) is 5.94. The van der Waals surface area contributed by atoms with Crippen LogP contribution in [0.15, 0.2) is 24.4 Å². The number of piperazine rings is 1. The summed E-state index contributed by atoms with van der Waals surface area (Å²) < 4.78 is 0. The monoisotopic (exact) mass is 378 g/mol. The van der Waals surface area contributed by atoms with Crippen molar-refractivity contribution in [3.8, 4) is 0 Å². The number of thiophene rings is 1. The molecule has 1 aliphatic rings. The molecule has 0 radical (unpaired) electrons. The number of anilines is 1. The lowest BCUT2D eigenvalue weighted by Gasteiger charge is -2.34. The summed E-state index contributed by atoms with van der Waals surface area (Å²) in [4.78, 5) is 34.2. The highest BCUT2D eigenvalue weighted by atomic mass is 35.5. The van der Waals surface area contributed by atoms with Crippen LogP contribution in [0.4, 0.5) is 10.5 Å². The van der Waals surface area contributed by atoms with Gasteiger partial charge in [0.1, 0.15) is 5.15 Å². The number of hydrogen-bond donors (Lipinski definition) is 1. The van der Waals surface area contributed by atoms with E-state index in [1.165, 1.54) is 11.3 Å². The predicted molar refractivity (Wildman–Crippen MR) is 99.5 cm³/mol. The summed E-state index contributed by atoms with van der Waals surface area (Å²) in [5.41, 5.74) is 1.50. The average molecular weight is 379 g/mol. The van der Waals surface area contributed by atoms with Crippen molar-refractivity contribution in [2.45, 2.75) is 13.8 Å². The van der Waals surface area contributed by atoms with Gasteiger partial charge in [0, 0.05) is 31.1 Å². The van der Waals surface area contributed by atoms with Gasteiger partial charge in [-0.25, -0.2) is 9.78 Å². The van der Waals surface area contributed by atoms with E-state index < -0.39 is 0 Å². The lowest BCUT2D eigenvalue weighted by atomic mass is 10.2. The highest BCUT2D eigenvalue weighted by Crippen LogP contribution is 2.19. The highest BCUT2D eigenvalue weighted by molar-refractivity contribution is 7.13. The number of amides is 3. The summed E-state index contributed by atoms with van der Waals surface area (Å²) in [5, 5.41) is 3.25. The second kappa shape index (κ2) is 7.41. The third-order valence-electron chi connectivity index (χ3n) is 4.12. The first-order valence-corrected chi connectivity index (χ1v) is 9.17. The van der Waals surface area contributed by atoms with Gasteiger partial charge in [0.05, 0.1) is 16.8 Å². The molecule has 25 heavy (non-hydrogen) atoms. The van der Waals surface area contributed by atoms with Gasteiger partial charge >= 0.3 is 6.03 Å². The van der Waals surface area contributed by atoms with E-state index in [2.05, 4.69) is 10.3 Å². The fourth-order valence-electron chi connectivity index (χ4n) is 2.66. The number of nitrogens with one attached hydrogen (secondary N) is 1. The van der Waals surface area contributed by atoms with Crippen LogP contribution in [0.25, 0.3) is 0 Å². The van der Waals surface area contributed by atoms with E-state index in [1.807, 2.05) is 26.0 Å². The van der Waals surface area contributed by atoms with Gasteiger partial charge in [0.2, 0.25) is 0 Å². The van der Waals surface area contributed by atoms with Crippen molar-refractivity contribution in [2.24, 2.45) is 0 Å². The Morgan fingerprint density at radius 1 is 1.16 bits per heavy atom. The van der Waals surface area contributed by atoms with E-state index >= 15 is 0 Å². The van der Waals surface area contributed by atoms with Crippen molar-refractivity contribution < 1.29 is 9.59 Å². The number of carbonyl (C=O) groups excluding carboxylic acids is 2. The maximum absolute atomic E-state index is 12.5. The van der Waals surface area contributed by atoms with Crippen molar-refractivity contribution in [3.05, 3.63) is 44.9 Å². The average Bonchev–Trinajstić information content (AvgIpc) is 3.03. The molecule has 3 amide bonds. The number of carbonyl (C=O) groups is 2. The second-order valence-corrected chi connectivity index (χ2v) is 7.62. The van der Waals surface area contributed by atoms with E-state index in [0.717, 1.165) is 15.3 Å². The molecule has 6 nitrogen and oxygen atoms in total. The van der Waals surface area contributed by atoms with Crippen LogP contribution in [-0.2, 0) is 0 Å². The molecule has 0 aliphatic carbocycles. The van der Waals surface area contributed by atoms with Gasteiger partial charge in [-0.2, -0.15) is 0 Å². The third-order valence-corrected chi connectivity index (χ3v) is 5.32. The van der Waals surface area contributed by atoms with E-state index in [1.54, 1.807) is 22.1 Å². The number of urea groups is 1.